The summed E-state index contributed by atoms with van der Waals surface area (Å²) in [5, 5.41) is 3.58. The van der Waals surface area contributed by atoms with Gasteiger partial charge >= 0.3 is 0 Å². The van der Waals surface area contributed by atoms with Crippen LogP contribution in [0.2, 0.25) is 0 Å². The van der Waals surface area contributed by atoms with Gasteiger partial charge in [-0.25, -0.2) is 0 Å². The quantitative estimate of drug-likeness (QED) is 0.339. The van der Waals surface area contributed by atoms with Crippen LogP contribution >= 0.6 is 0 Å². The van der Waals surface area contributed by atoms with Crippen molar-refractivity contribution in [3.05, 3.63) is 10.4 Å². The molecule has 0 saturated carbocycles. The Bertz CT molecular complexity index is 173. The molecule has 62 valence electrons. The minimum atomic E-state index is 0.473. The van der Waals surface area contributed by atoms with Gasteiger partial charge in [0.25, 0.3) is 0 Å². The van der Waals surface area contributed by atoms with Crippen molar-refractivity contribution in [3.8, 4) is 0 Å². The third kappa shape index (κ3) is 2.10. The third-order valence-electron chi connectivity index (χ3n) is 2.25. The molecule has 1 aliphatic rings. The average molecular weight is 154 g/mol. The largest absolute Gasteiger partial charge is 0.303 e. The maximum Gasteiger partial charge on any atom is 0.0414 e. The number of azide groups is 1. The fourth-order valence-electron chi connectivity index (χ4n) is 1.70. The second kappa shape index (κ2) is 3.60. The number of likely N-dealkylation sites (tertiary alicyclic amines) is 1. The Kier molecular flexibility index (Phi) is 2.74. The summed E-state index contributed by atoms with van der Waals surface area (Å²) in [6.45, 7) is 3.98. The van der Waals surface area contributed by atoms with Gasteiger partial charge in [0.2, 0.25) is 0 Å². The first kappa shape index (κ1) is 8.37. The van der Waals surface area contributed by atoms with Crippen molar-refractivity contribution in [2.75, 3.05) is 20.1 Å². The summed E-state index contributed by atoms with van der Waals surface area (Å²) < 4.78 is 0. The zero-order valence-electron chi connectivity index (χ0n) is 7.06. The molecule has 0 aromatic carbocycles. The van der Waals surface area contributed by atoms with Crippen LogP contribution in [0.1, 0.15) is 13.3 Å². The maximum absolute atomic E-state index is 8.12. The predicted molar refractivity (Wildman–Crippen MR) is 44.2 cm³/mol. The molecule has 1 aliphatic heterocycles. The molecule has 0 amide bonds. The van der Waals surface area contributed by atoms with E-state index in [-0.39, 0.29) is 0 Å². The van der Waals surface area contributed by atoms with Crippen LogP contribution in [-0.2, 0) is 0 Å². The smallest absolute Gasteiger partial charge is 0.0414 e. The topological polar surface area (TPSA) is 52.0 Å². The van der Waals surface area contributed by atoms with Crippen LogP contribution in [0.25, 0.3) is 10.4 Å². The number of hydrogen-bond donors (Lipinski definition) is 0. The summed E-state index contributed by atoms with van der Waals surface area (Å²) in [6, 6.07) is 0.473. The molecule has 2 atom stereocenters. The van der Waals surface area contributed by atoms with Gasteiger partial charge in [0, 0.05) is 24.0 Å². The maximum atomic E-state index is 8.12. The van der Waals surface area contributed by atoms with E-state index >= 15 is 0 Å². The van der Waals surface area contributed by atoms with Gasteiger partial charge in [-0.3, -0.25) is 0 Å². The Morgan fingerprint density at radius 3 is 2.91 bits per heavy atom. The van der Waals surface area contributed by atoms with Crippen molar-refractivity contribution in [2.45, 2.75) is 19.4 Å². The molecule has 1 saturated heterocycles. The van der Waals surface area contributed by atoms with Crippen molar-refractivity contribution >= 4 is 0 Å². The van der Waals surface area contributed by atoms with Gasteiger partial charge in [-0.15, -0.1) is 0 Å². The van der Waals surface area contributed by atoms with E-state index in [4.69, 9.17) is 5.53 Å². The fraction of sp³-hybridized carbons (Fsp3) is 1.00. The van der Waals surface area contributed by atoms with Crippen molar-refractivity contribution in [3.63, 3.8) is 0 Å². The summed E-state index contributed by atoms with van der Waals surface area (Å²) in [4.78, 5) is 5.02. The minimum absolute atomic E-state index is 0.473. The van der Waals surface area contributed by atoms with Crippen LogP contribution in [0.15, 0.2) is 5.11 Å². The molecule has 0 N–H and O–H groups in total. The third-order valence-corrected chi connectivity index (χ3v) is 2.25. The van der Waals surface area contributed by atoms with E-state index in [0.717, 1.165) is 18.9 Å². The summed E-state index contributed by atoms with van der Waals surface area (Å²) in [5.74, 6) is 0.749. The lowest BCUT2D eigenvalue weighted by molar-refractivity contribution is 0.314. The number of rotatable bonds is 2. The Balaban J connectivity index is 2.40. The number of hydrogen-bond acceptors (Lipinski definition) is 2. The van der Waals surface area contributed by atoms with E-state index in [1.807, 2.05) is 0 Å². The molecule has 1 heterocycles. The summed E-state index contributed by atoms with van der Waals surface area (Å²) in [6.07, 6.45) is 1.16. The normalized spacial score (nSPS) is 31.8. The lowest BCUT2D eigenvalue weighted by Crippen LogP contribution is -2.27. The summed E-state index contributed by atoms with van der Waals surface area (Å²) >= 11 is 0. The van der Waals surface area contributed by atoms with Crippen molar-refractivity contribution < 1.29 is 0 Å². The van der Waals surface area contributed by atoms with E-state index in [1.165, 1.54) is 0 Å². The molecule has 4 nitrogen and oxygen atoms in total. The Morgan fingerprint density at radius 2 is 2.45 bits per heavy atom. The predicted octanol–water partition coefficient (Wildman–Crippen LogP) is 1.64. The van der Waals surface area contributed by atoms with Crippen molar-refractivity contribution in [1.29, 1.82) is 0 Å². The molecular weight excluding hydrogens is 140 g/mol. The molecule has 1 rings (SSSR count). The van der Waals surface area contributed by atoms with Gasteiger partial charge in [-0.2, -0.15) is 0 Å². The van der Waals surface area contributed by atoms with Crippen LogP contribution in [0, 0.1) is 5.92 Å². The van der Waals surface area contributed by atoms with Gasteiger partial charge in [-0.1, -0.05) is 12.0 Å². The number of nitrogens with zero attached hydrogens (tertiary/aromatic N) is 4. The lowest BCUT2D eigenvalue weighted by atomic mass is 10.1. The highest BCUT2D eigenvalue weighted by Gasteiger charge is 2.25. The number of likely N-dealkylation sites (N-methyl/N-ethyl adjacent to an activating group) is 1. The first-order chi connectivity index (χ1) is 5.24. The molecule has 0 bridgehead atoms. The molecule has 0 aromatic heterocycles. The molecule has 4 heteroatoms. The van der Waals surface area contributed by atoms with E-state index in [9.17, 15) is 0 Å². The van der Waals surface area contributed by atoms with Crippen LogP contribution < -0.4 is 0 Å². The van der Waals surface area contributed by atoms with E-state index in [1.54, 1.807) is 0 Å². The molecule has 0 unspecified atom stereocenters. The molecular formula is C7H14N4. The standard InChI is InChI=1S/C7H14N4/c1-6-3-7(4-9-10-8)11(2)5-6/h6-7H,3-5H2,1-2H3/t6-,7+/m1/s1. The summed E-state index contributed by atoms with van der Waals surface area (Å²) in [5.41, 5.74) is 8.12. The monoisotopic (exact) mass is 154 g/mol. The van der Waals surface area contributed by atoms with Gasteiger partial charge in [0.1, 0.15) is 0 Å². The van der Waals surface area contributed by atoms with Crippen LogP contribution in [0.5, 0.6) is 0 Å². The van der Waals surface area contributed by atoms with E-state index in [0.29, 0.717) is 12.6 Å². The van der Waals surface area contributed by atoms with Crippen LogP contribution in [0.3, 0.4) is 0 Å². The first-order valence-corrected chi connectivity index (χ1v) is 3.95. The van der Waals surface area contributed by atoms with Crippen molar-refractivity contribution in [1.82, 2.24) is 4.90 Å². The van der Waals surface area contributed by atoms with Crippen LogP contribution in [-0.4, -0.2) is 31.1 Å². The second-order valence-electron chi connectivity index (χ2n) is 3.35. The molecule has 0 spiro atoms. The van der Waals surface area contributed by atoms with Crippen molar-refractivity contribution in [2.24, 2.45) is 11.0 Å². The van der Waals surface area contributed by atoms with Gasteiger partial charge in [0.15, 0.2) is 0 Å². The fourth-order valence-corrected chi connectivity index (χ4v) is 1.70. The molecule has 0 aliphatic carbocycles. The highest BCUT2D eigenvalue weighted by Crippen LogP contribution is 2.20. The Labute approximate surface area is 66.8 Å². The highest BCUT2D eigenvalue weighted by atomic mass is 15.2. The molecule has 1 fully saturated rings. The van der Waals surface area contributed by atoms with E-state index < -0.39 is 0 Å². The lowest BCUT2D eigenvalue weighted by Gasteiger charge is -2.15. The Hall–Kier alpha value is -0.730. The molecule has 0 aromatic rings. The highest BCUT2D eigenvalue weighted by molar-refractivity contribution is 4.82. The van der Waals surface area contributed by atoms with E-state index in [2.05, 4.69) is 28.9 Å². The average Bonchev–Trinajstić information content (AvgIpc) is 2.26. The minimum Gasteiger partial charge on any atom is -0.303 e. The van der Waals surface area contributed by atoms with Gasteiger partial charge in [0.05, 0.1) is 0 Å². The first-order valence-electron chi connectivity index (χ1n) is 3.95. The zero-order valence-corrected chi connectivity index (χ0v) is 7.06. The van der Waals surface area contributed by atoms with Gasteiger partial charge < -0.3 is 4.90 Å². The molecule has 0 radical (unpaired) electrons. The summed E-state index contributed by atoms with van der Waals surface area (Å²) in [7, 11) is 2.08. The Morgan fingerprint density at radius 1 is 1.73 bits per heavy atom. The zero-order chi connectivity index (χ0) is 8.27. The second-order valence-corrected chi connectivity index (χ2v) is 3.35. The van der Waals surface area contributed by atoms with Crippen LogP contribution in [0.4, 0.5) is 0 Å². The molecule has 11 heavy (non-hydrogen) atoms. The SMILES string of the molecule is C[C@@H]1C[C@@H](CN=[N+]=[N-])N(C)C1. The van der Waals surface area contributed by atoms with Gasteiger partial charge in [-0.05, 0) is 24.9 Å².